The summed E-state index contributed by atoms with van der Waals surface area (Å²) in [7, 11) is 7.44. The molecule has 0 bridgehead atoms. The molecular weight excluding hydrogens is 402 g/mol. The van der Waals surface area contributed by atoms with Gasteiger partial charge in [0.25, 0.3) is 0 Å². The molecule has 8 heteroatoms. The van der Waals surface area contributed by atoms with E-state index in [2.05, 4.69) is 5.32 Å². The van der Waals surface area contributed by atoms with Crippen LogP contribution < -0.4 is 24.3 Å². The van der Waals surface area contributed by atoms with Gasteiger partial charge in [0.15, 0.2) is 11.5 Å². The van der Waals surface area contributed by atoms with Gasteiger partial charge in [0, 0.05) is 17.7 Å². The lowest BCUT2D eigenvalue weighted by Crippen LogP contribution is -2.29. The van der Waals surface area contributed by atoms with Gasteiger partial charge < -0.3 is 29.0 Å². The van der Waals surface area contributed by atoms with Crippen molar-refractivity contribution in [2.45, 2.75) is 12.5 Å². The van der Waals surface area contributed by atoms with Crippen molar-refractivity contribution >= 4 is 18.0 Å². The number of hydrogen-bond donors (Lipinski definition) is 1. The standard InChI is InChI=1S/C23H27NO7/c1-27-17-9-6-15(20(13-17)29-3)8-11-22(25)24-18(14-23(26)31-5)16-7-10-19(28-2)21(12-16)30-4/h6-13,18H,14H2,1-5H3,(H,24,25)/b11-8+. The van der Waals surface area contributed by atoms with Gasteiger partial charge in [-0.15, -0.1) is 0 Å². The summed E-state index contributed by atoms with van der Waals surface area (Å²) in [5.41, 5.74) is 1.38. The van der Waals surface area contributed by atoms with E-state index in [0.717, 1.165) is 0 Å². The van der Waals surface area contributed by atoms with Crippen LogP contribution in [0.2, 0.25) is 0 Å². The Balaban J connectivity index is 2.24. The van der Waals surface area contributed by atoms with Gasteiger partial charge in [-0.2, -0.15) is 0 Å². The van der Waals surface area contributed by atoms with Crippen LogP contribution in [0.25, 0.3) is 6.08 Å². The fourth-order valence-corrected chi connectivity index (χ4v) is 2.91. The first kappa shape index (κ1) is 23.6. The SMILES string of the molecule is COC(=O)CC(NC(=O)/C=C/c1ccc(OC)cc1OC)c1ccc(OC)c(OC)c1. The molecule has 2 aromatic carbocycles. The van der Waals surface area contributed by atoms with E-state index in [1.54, 1.807) is 49.6 Å². The molecule has 0 saturated carbocycles. The van der Waals surface area contributed by atoms with Crippen molar-refractivity contribution in [3.8, 4) is 23.0 Å². The molecule has 0 aliphatic rings. The van der Waals surface area contributed by atoms with E-state index in [1.807, 2.05) is 0 Å². The van der Waals surface area contributed by atoms with E-state index in [-0.39, 0.29) is 12.3 Å². The first-order valence-electron chi connectivity index (χ1n) is 9.45. The third kappa shape index (κ3) is 6.40. The maximum atomic E-state index is 12.6. The van der Waals surface area contributed by atoms with E-state index in [0.29, 0.717) is 34.1 Å². The van der Waals surface area contributed by atoms with E-state index < -0.39 is 12.0 Å². The topological polar surface area (TPSA) is 92.3 Å². The lowest BCUT2D eigenvalue weighted by molar-refractivity contribution is -0.141. The molecule has 0 heterocycles. The van der Waals surface area contributed by atoms with E-state index >= 15 is 0 Å². The highest BCUT2D eigenvalue weighted by molar-refractivity contribution is 5.92. The first-order valence-corrected chi connectivity index (χ1v) is 9.45. The summed E-state index contributed by atoms with van der Waals surface area (Å²) in [4.78, 5) is 24.5. The van der Waals surface area contributed by atoms with E-state index in [4.69, 9.17) is 23.7 Å². The Morgan fingerprint density at radius 2 is 1.58 bits per heavy atom. The highest BCUT2D eigenvalue weighted by Crippen LogP contribution is 2.31. The second kappa shape index (κ2) is 11.5. The van der Waals surface area contributed by atoms with Crippen molar-refractivity contribution in [1.82, 2.24) is 5.32 Å². The molecule has 1 unspecified atom stereocenters. The zero-order valence-electron chi connectivity index (χ0n) is 18.3. The van der Waals surface area contributed by atoms with Gasteiger partial charge in [-0.05, 0) is 35.9 Å². The second-order valence-electron chi connectivity index (χ2n) is 6.40. The molecule has 1 amide bonds. The highest BCUT2D eigenvalue weighted by atomic mass is 16.5. The largest absolute Gasteiger partial charge is 0.497 e. The zero-order valence-corrected chi connectivity index (χ0v) is 18.3. The van der Waals surface area contributed by atoms with Crippen LogP contribution in [-0.2, 0) is 14.3 Å². The summed E-state index contributed by atoms with van der Waals surface area (Å²) in [6, 6.07) is 9.83. The Hall–Kier alpha value is -3.68. The Bertz CT molecular complexity index is 940. The zero-order chi connectivity index (χ0) is 22.8. The molecule has 0 aliphatic heterocycles. The number of carbonyl (C=O) groups excluding carboxylic acids is 2. The molecule has 31 heavy (non-hydrogen) atoms. The number of ether oxygens (including phenoxy) is 5. The predicted octanol–water partition coefficient (Wildman–Crippen LogP) is 3.15. The first-order chi connectivity index (χ1) is 14.9. The number of rotatable bonds is 10. The summed E-state index contributed by atoms with van der Waals surface area (Å²) in [6.45, 7) is 0. The third-order valence-electron chi connectivity index (χ3n) is 4.58. The molecule has 0 spiro atoms. The van der Waals surface area contributed by atoms with E-state index in [1.165, 1.54) is 34.5 Å². The molecule has 2 aromatic rings. The minimum absolute atomic E-state index is 0.0442. The quantitative estimate of drug-likeness (QED) is 0.458. The Labute approximate surface area is 181 Å². The van der Waals surface area contributed by atoms with Crippen LogP contribution in [0, 0.1) is 0 Å². The molecule has 0 radical (unpaired) electrons. The van der Waals surface area contributed by atoms with Crippen molar-refractivity contribution in [1.29, 1.82) is 0 Å². The molecule has 1 atom stereocenters. The molecule has 8 nitrogen and oxygen atoms in total. The van der Waals surface area contributed by atoms with Crippen LogP contribution in [-0.4, -0.2) is 47.4 Å². The second-order valence-corrected chi connectivity index (χ2v) is 6.40. The summed E-state index contributed by atoms with van der Waals surface area (Å²) in [5, 5.41) is 2.83. The number of esters is 1. The third-order valence-corrected chi connectivity index (χ3v) is 4.58. The normalized spacial score (nSPS) is 11.5. The molecular formula is C23H27NO7. The number of methoxy groups -OCH3 is 5. The molecule has 166 valence electrons. The van der Waals surface area contributed by atoms with Crippen molar-refractivity contribution in [2.75, 3.05) is 35.5 Å². The van der Waals surface area contributed by atoms with Crippen LogP contribution in [0.4, 0.5) is 0 Å². The Morgan fingerprint density at radius 1 is 0.871 bits per heavy atom. The van der Waals surface area contributed by atoms with Crippen molar-refractivity contribution in [3.05, 3.63) is 53.6 Å². The van der Waals surface area contributed by atoms with Gasteiger partial charge in [0.1, 0.15) is 11.5 Å². The fourth-order valence-electron chi connectivity index (χ4n) is 2.91. The summed E-state index contributed by atoms with van der Waals surface area (Å²) < 4.78 is 25.9. The van der Waals surface area contributed by atoms with Crippen LogP contribution in [0.3, 0.4) is 0 Å². The van der Waals surface area contributed by atoms with Crippen LogP contribution in [0.1, 0.15) is 23.6 Å². The summed E-state index contributed by atoms with van der Waals surface area (Å²) in [6.07, 6.45) is 2.95. The van der Waals surface area contributed by atoms with Gasteiger partial charge in [0.05, 0.1) is 48.0 Å². The molecule has 1 N–H and O–H groups in total. The monoisotopic (exact) mass is 429 g/mol. The van der Waals surface area contributed by atoms with Crippen LogP contribution >= 0.6 is 0 Å². The minimum Gasteiger partial charge on any atom is -0.497 e. The smallest absolute Gasteiger partial charge is 0.307 e. The summed E-state index contributed by atoms with van der Waals surface area (Å²) in [5.74, 6) is 1.39. The number of nitrogens with one attached hydrogen (secondary N) is 1. The predicted molar refractivity (Wildman–Crippen MR) is 116 cm³/mol. The number of benzene rings is 2. The average molecular weight is 429 g/mol. The molecule has 2 rings (SSSR count). The van der Waals surface area contributed by atoms with Gasteiger partial charge in [-0.3, -0.25) is 9.59 Å². The number of carbonyl (C=O) groups is 2. The molecule has 0 aliphatic carbocycles. The fraction of sp³-hybridized carbons (Fsp3) is 0.304. The van der Waals surface area contributed by atoms with Crippen molar-refractivity contribution in [2.24, 2.45) is 0 Å². The van der Waals surface area contributed by atoms with Crippen LogP contribution in [0.15, 0.2) is 42.5 Å². The van der Waals surface area contributed by atoms with Gasteiger partial charge in [-0.1, -0.05) is 6.07 Å². The highest BCUT2D eigenvalue weighted by Gasteiger charge is 2.20. The van der Waals surface area contributed by atoms with Gasteiger partial charge in [-0.25, -0.2) is 0 Å². The maximum absolute atomic E-state index is 12.6. The lowest BCUT2D eigenvalue weighted by atomic mass is 10.0. The number of hydrogen-bond acceptors (Lipinski definition) is 7. The Kier molecular flexibility index (Phi) is 8.75. The van der Waals surface area contributed by atoms with Gasteiger partial charge >= 0.3 is 5.97 Å². The van der Waals surface area contributed by atoms with Crippen LogP contribution in [0.5, 0.6) is 23.0 Å². The van der Waals surface area contributed by atoms with Crippen molar-refractivity contribution in [3.63, 3.8) is 0 Å². The van der Waals surface area contributed by atoms with Gasteiger partial charge in [0.2, 0.25) is 5.91 Å². The Morgan fingerprint density at radius 3 is 2.19 bits per heavy atom. The number of amides is 1. The lowest BCUT2D eigenvalue weighted by Gasteiger charge is -2.19. The maximum Gasteiger partial charge on any atom is 0.307 e. The molecule has 0 fully saturated rings. The average Bonchev–Trinajstić information content (AvgIpc) is 2.81. The van der Waals surface area contributed by atoms with Crippen molar-refractivity contribution < 1.29 is 33.3 Å². The minimum atomic E-state index is -0.623. The van der Waals surface area contributed by atoms with E-state index in [9.17, 15) is 9.59 Å². The molecule has 0 saturated heterocycles. The summed E-state index contributed by atoms with van der Waals surface area (Å²) >= 11 is 0. The molecule has 0 aromatic heterocycles.